The maximum absolute atomic E-state index is 5.44. The third-order valence-corrected chi connectivity index (χ3v) is 17.3. The number of hydrogen-bond acceptors (Lipinski definition) is 10. The average Bonchev–Trinajstić information content (AvgIpc) is 4.14. The van der Waals surface area contributed by atoms with E-state index in [0.29, 0.717) is 45.9 Å². The van der Waals surface area contributed by atoms with Gasteiger partial charge in [-0.1, -0.05) is 48.5 Å². The van der Waals surface area contributed by atoms with Gasteiger partial charge in [0.2, 0.25) is 20.1 Å². The second-order valence-electron chi connectivity index (χ2n) is 17.2. The number of benzene rings is 4. The van der Waals surface area contributed by atoms with Crippen molar-refractivity contribution in [1.29, 1.82) is 0 Å². The van der Waals surface area contributed by atoms with Crippen molar-refractivity contribution in [3.63, 3.8) is 0 Å². The molecule has 0 spiro atoms. The summed E-state index contributed by atoms with van der Waals surface area (Å²) in [7, 11) is 8.21. The van der Waals surface area contributed by atoms with Crippen molar-refractivity contribution in [2.75, 3.05) is 0 Å². The molecule has 0 amide bonds. The first-order valence-electron chi connectivity index (χ1n) is 23.1. The molecule has 4 aromatic carbocycles. The van der Waals surface area contributed by atoms with Crippen LogP contribution in [0.5, 0.6) is 0 Å². The molecule has 17 heteroatoms. The Morgan fingerprint density at radius 3 is 1.03 bits per heavy atom. The first-order chi connectivity index (χ1) is 35.3. The van der Waals surface area contributed by atoms with E-state index in [9.17, 15) is 0 Å². The first kappa shape index (κ1) is 46.9. The summed E-state index contributed by atoms with van der Waals surface area (Å²) in [5.74, 6) is 1.98. The Kier molecular flexibility index (Phi) is 12.4. The van der Waals surface area contributed by atoms with E-state index in [4.69, 9.17) is 39.9 Å². The van der Waals surface area contributed by atoms with E-state index in [2.05, 4.69) is 193 Å². The van der Waals surface area contributed by atoms with Gasteiger partial charge in [0.1, 0.15) is 28.2 Å². The smallest absolute Gasteiger partial charge is 0.357 e. The van der Waals surface area contributed by atoms with Gasteiger partial charge in [-0.2, -0.15) is 18.3 Å². The van der Waals surface area contributed by atoms with Crippen molar-refractivity contribution >= 4 is 91.2 Å². The predicted octanol–water partition coefficient (Wildman–Crippen LogP) is 10.0. The van der Waals surface area contributed by atoms with Crippen LogP contribution in [0.1, 0.15) is 0 Å². The average molecular weight is 1070 g/mol. The maximum atomic E-state index is 5.44. The molecule has 7 aromatic heterocycles. The Morgan fingerprint density at radius 2 is 0.658 bits per heavy atom. The van der Waals surface area contributed by atoms with Crippen molar-refractivity contribution in [3.8, 4) is 45.6 Å². The summed E-state index contributed by atoms with van der Waals surface area (Å²) in [6.45, 7) is 0. The van der Waals surface area contributed by atoms with Crippen molar-refractivity contribution in [1.82, 2.24) is 39.9 Å². The molecular formula is C56H40N12S4Zn+4. The van der Waals surface area contributed by atoms with Crippen molar-refractivity contribution in [2.24, 2.45) is 28.2 Å². The maximum Gasteiger partial charge on any atom is 2.00 e. The van der Waals surface area contributed by atoms with E-state index in [1.807, 2.05) is 24.3 Å². The number of pyridine rings is 4. The van der Waals surface area contributed by atoms with Gasteiger partial charge in [-0.05, 0) is 106 Å². The summed E-state index contributed by atoms with van der Waals surface area (Å²) >= 11 is 6.63. The third-order valence-electron chi connectivity index (χ3n) is 12.5. The molecule has 0 saturated heterocycles. The van der Waals surface area contributed by atoms with Gasteiger partial charge in [-0.3, -0.25) is 0 Å². The van der Waals surface area contributed by atoms with Gasteiger partial charge in [0.25, 0.3) is 0 Å². The van der Waals surface area contributed by atoms with E-state index in [1.54, 1.807) is 47.0 Å². The molecule has 0 radical (unpaired) electrons. The Hall–Kier alpha value is -7.14. The standard InChI is InChI=1S/C56H40N12S4.Zn/c1-65-29-9-5-25-41(65)69-37-21-13-17-33-45(37)53-57-49(33)62-54-47-35(19-15-23-39(47)71-43-27-7-11-31-67(43)3)51(59-54)64-56-48-36(20-16-24-40(48)72-44-28-8-12-32-68(44)4)52(60-56)63-55-46-34(50(58-55)61-53)18-14-22-38(46)70-42-26-6-10-30-66(42)2;/h5-32H,1-4H3;/q2*+2. The number of fused-ring (bicyclic) bond motifs is 20. The van der Waals surface area contributed by atoms with Crippen LogP contribution < -0.4 is 28.2 Å². The van der Waals surface area contributed by atoms with Gasteiger partial charge in [-0.25, -0.2) is 9.97 Å². The molecule has 13 rings (SSSR count). The molecule has 2 aliphatic rings. The summed E-state index contributed by atoms with van der Waals surface area (Å²) in [5, 5.41) is 7.64. The summed E-state index contributed by atoms with van der Waals surface area (Å²) in [6, 6.07) is 49.8. The molecule has 0 aliphatic carbocycles. The number of hydrogen-bond donors (Lipinski definition) is 0. The van der Waals surface area contributed by atoms with Crippen LogP contribution in [0.2, 0.25) is 0 Å². The molecule has 73 heavy (non-hydrogen) atoms. The molecule has 8 bridgehead atoms. The van der Waals surface area contributed by atoms with Crippen LogP contribution in [-0.2, 0) is 47.7 Å². The van der Waals surface area contributed by atoms with E-state index >= 15 is 0 Å². The molecule has 11 aromatic rings. The summed E-state index contributed by atoms with van der Waals surface area (Å²) in [6.07, 6.45) is 8.21. The Balaban J connectivity index is 0.00000543. The Bertz CT molecular complexity index is 3950. The van der Waals surface area contributed by atoms with Crippen molar-refractivity contribution in [2.45, 2.75) is 39.7 Å². The van der Waals surface area contributed by atoms with Gasteiger partial charge >= 0.3 is 19.5 Å². The summed E-state index contributed by atoms with van der Waals surface area (Å²) < 4.78 is 8.45. The zero-order valence-electron chi connectivity index (χ0n) is 39.9. The topological polar surface area (TPSA) is 121 Å². The Labute approximate surface area is 449 Å². The number of aryl methyl sites for hydroxylation is 4. The van der Waals surface area contributed by atoms with Gasteiger partial charge in [-0.15, -0.1) is 0 Å². The first-order valence-corrected chi connectivity index (χ1v) is 26.3. The summed E-state index contributed by atoms with van der Waals surface area (Å²) in [4.78, 5) is 47.1. The fourth-order valence-electron chi connectivity index (χ4n) is 8.97. The molecular weight excluding hydrogens is 1030 g/mol. The second kappa shape index (κ2) is 19.4. The van der Waals surface area contributed by atoms with Gasteiger partial charge in [0.15, 0.2) is 24.8 Å². The van der Waals surface area contributed by atoms with Crippen LogP contribution >= 0.6 is 47.0 Å². The van der Waals surface area contributed by atoms with E-state index < -0.39 is 0 Å². The van der Waals surface area contributed by atoms with Gasteiger partial charge in [0, 0.05) is 124 Å². The number of nitrogens with zero attached hydrogens (tertiary/aromatic N) is 12. The SMILES string of the molecule is C[n+]1ccccc1Sc1cccc2c1-c1nc-2nc2[n-]c(nc3nc(nc4[n-]c(n1)c1cccc(Sc5cccc[n+]5C)c41)-c1cccc(Sc4cccc[n+]4C)c1-3)c1cccc(Sc3cccc[n+]3C)c21.[Zn+2]. The third kappa shape index (κ3) is 8.58. The monoisotopic (exact) mass is 1070 g/mol. The minimum Gasteiger partial charge on any atom is -0.357 e. The number of aromatic nitrogens is 12. The minimum absolute atomic E-state index is 0. The fourth-order valence-corrected chi connectivity index (χ4v) is 13.1. The molecule has 2 aliphatic heterocycles. The van der Waals surface area contributed by atoms with E-state index in [-0.39, 0.29) is 19.5 Å². The van der Waals surface area contributed by atoms with Crippen LogP contribution in [0.15, 0.2) is 210 Å². The molecule has 0 unspecified atom stereocenters. The minimum atomic E-state index is 0. The van der Waals surface area contributed by atoms with Crippen molar-refractivity contribution < 1.29 is 37.7 Å². The van der Waals surface area contributed by atoms with E-state index in [0.717, 1.165) is 83.5 Å². The predicted molar refractivity (Wildman–Crippen MR) is 281 cm³/mol. The van der Waals surface area contributed by atoms with Crippen LogP contribution in [0.3, 0.4) is 0 Å². The second-order valence-corrected chi connectivity index (χ2v) is 21.5. The molecule has 0 fully saturated rings. The van der Waals surface area contributed by atoms with Gasteiger partial charge < -0.3 is 29.9 Å². The fraction of sp³-hybridized carbons (Fsp3) is 0.0714. The normalized spacial score (nSPS) is 11.7. The van der Waals surface area contributed by atoms with E-state index in [1.165, 1.54) is 0 Å². The number of rotatable bonds is 8. The molecule has 0 saturated carbocycles. The molecule has 0 atom stereocenters. The van der Waals surface area contributed by atoms with Crippen LogP contribution in [-0.4, -0.2) is 29.9 Å². The Morgan fingerprint density at radius 1 is 0.329 bits per heavy atom. The quantitative estimate of drug-likeness (QED) is 0.106. The van der Waals surface area contributed by atoms with Crippen molar-refractivity contribution in [3.05, 3.63) is 170 Å². The largest absolute Gasteiger partial charge is 2.00 e. The van der Waals surface area contributed by atoms with Gasteiger partial charge in [0.05, 0.1) is 23.3 Å². The zero-order valence-corrected chi connectivity index (χ0v) is 46.1. The molecule has 0 N–H and O–H groups in total. The molecule has 12 nitrogen and oxygen atoms in total. The summed E-state index contributed by atoms with van der Waals surface area (Å²) in [5.41, 5.74) is 5.39. The zero-order chi connectivity index (χ0) is 48.5. The van der Waals surface area contributed by atoms with Crippen LogP contribution in [0.4, 0.5) is 0 Å². The van der Waals surface area contributed by atoms with Crippen LogP contribution in [0, 0.1) is 0 Å². The van der Waals surface area contributed by atoms with Crippen LogP contribution in [0.25, 0.3) is 89.7 Å². The molecule has 9 heterocycles. The molecule has 346 valence electrons.